The van der Waals surface area contributed by atoms with Crippen molar-refractivity contribution in [1.82, 2.24) is 5.32 Å². The van der Waals surface area contributed by atoms with Gasteiger partial charge in [-0.25, -0.2) is 4.39 Å². The highest BCUT2D eigenvalue weighted by Crippen LogP contribution is 2.27. The molecular weight excluding hydrogens is 201 g/mol. The van der Waals surface area contributed by atoms with E-state index in [0.717, 1.165) is 43.4 Å². The highest BCUT2D eigenvalue weighted by Gasteiger charge is 2.21. The van der Waals surface area contributed by atoms with Crippen molar-refractivity contribution >= 4 is 0 Å². The zero-order chi connectivity index (χ0) is 11.0. The van der Waals surface area contributed by atoms with E-state index >= 15 is 0 Å². The smallest absolute Gasteiger partial charge is 0.129 e. The molecular formula is C14H18FN. The Balaban J connectivity index is 1.84. The molecule has 86 valence electrons. The van der Waals surface area contributed by atoms with Crippen molar-refractivity contribution in [2.24, 2.45) is 0 Å². The van der Waals surface area contributed by atoms with Crippen LogP contribution in [0.2, 0.25) is 0 Å². The van der Waals surface area contributed by atoms with Crippen LogP contribution in [0.4, 0.5) is 4.39 Å². The summed E-state index contributed by atoms with van der Waals surface area (Å²) in [5, 5.41) is 3.43. The molecule has 1 aliphatic carbocycles. The number of hydrogen-bond donors (Lipinski definition) is 1. The Morgan fingerprint density at radius 3 is 3.00 bits per heavy atom. The Bertz CT molecular complexity index is 394. The van der Waals surface area contributed by atoms with E-state index in [1.54, 1.807) is 0 Å². The number of fused-ring (bicyclic) bond motifs is 1. The van der Waals surface area contributed by atoms with Gasteiger partial charge in [0, 0.05) is 6.04 Å². The van der Waals surface area contributed by atoms with Gasteiger partial charge < -0.3 is 5.32 Å². The standard InChI is InChI=1S/C14H18FN/c15-14-11(9-12-4-2-8-16-12)7-6-10-3-1-5-13(10)14/h6-7,12,16H,1-5,8-9H2. The molecule has 0 spiro atoms. The monoisotopic (exact) mass is 219 g/mol. The molecule has 1 aromatic carbocycles. The number of halogens is 1. The maximum atomic E-state index is 14.2. The van der Waals surface area contributed by atoms with E-state index in [9.17, 15) is 4.39 Å². The summed E-state index contributed by atoms with van der Waals surface area (Å²) in [6, 6.07) is 4.63. The van der Waals surface area contributed by atoms with E-state index in [2.05, 4.69) is 11.4 Å². The van der Waals surface area contributed by atoms with Gasteiger partial charge in [0.1, 0.15) is 5.82 Å². The van der Waals surface area contributed by atoms with Crippen molar-refractivity contribution in [3.63, 3.8) is 0 Å². The number of hydrogen-bond acceptors (Lipinski definition) is 1. The maximum absolute atomic E-state index is 14.2. The largest absolute Gasteiger partial charge is 0.314 e. The first-order valence-corrected chi connectivity index (χ1v) is 6.37. The van der Waals surface area contributed by atoms with Crippen molar-refractivity contribution in [2.45, 2.75) is 44.6 Å². The topological polar surface area (TPSA) is 12.0 Å². The Labute approximate surface area is 96.1 Å². The summed E-state index contributed by atoms with van der Waals surface area (Å²) in [4.78, 5) is 0. The molecule has 1 atom stereocenters. The molecule has 3 rings (SSSR count). The first kappa shape index (κ1) is 10.3. The minimum absolute atomic E-state index is 0.0868. The summed E-state index contributed by atoms with van der Waals surface area (Å²) in [6.45, 7) is 1.09. The minimum Gasteiger partial charge on any atom is -0.314 e. The molecule has 0 bridgehead atoms. The zero-order valence-corrected chi connectivity index (χ0v) is 9.56. The van der Waals surface area contributed by atoms with Gasteiger partial charge in [0.05, 0.1) is 0 Å². The van der Waals surface area contributed by atoms with Gasteiger partial charge in [-0.15, -0.1) is 0 Å². The molecule has 0 radical (unpaired) electrons. The molecule has 1 heterocycles. The van der Waals surface area contributed by atoms with Crippen LogP contribution in [0.5, 0.6) is 0 Å². The van der Waals surface area contributed by atoms with E-state index in [1.165, 1.54) is 18.4 Å². The molecule has 1 aliphatic heterocycles. The van der Waals surface area contributed by atoms with Crippen LogP contribution in [0.15, 0.2) is 12.1 Å². The lowest BCUT2D eigenvalue weighted by molar-refractivity contribution is 0.554. The fourth-order valence-corrected chi connectivity index (χ4v) is 3.02. The third-order valence-electron chi connectivity index (χ3n) is 3.92. The van der Waals surface area contributed by atoms with Crippen LogP contribution in [0.25, 0.3) is 0 Å². The number of rotatable bonds is 2. The lowest BCUT2D eigenvalue weighted by Crippen LogP contribution is -2.24. The molecule has 1 unspecified atom stereocenters. The van der Waals surface area contributed by atoms with Gasteiger partial charge >= 0.3 is 0 Å². The predicted octanol–water partition coefficient (Wildman–Crippen LogP) is 2.61. The highest BCUT2D eigenvalue weighted by molar-refractivity contribution is 5.37. The van der Waals surface area contributed by atoms with Crippen molar-refractivity contribution in [3.8, 4) is 0 Å². The first-order chi connectivity index (χ1) is 7.84. The van der Waals surface area contributed by atoms with E-state index in [-0.39, 0.29) is 5.82 Å². The van der Waals surface area contributed by atoms with Crippen LogP contribution in [0.1, 0.15) is 36.0 Å². The quantitative estimate of drug-likeness (QED) is 0.806. The van der Waals surface area contributed by atoms with Gasteiger partial charge in [-0.2, -0.15) is 0 Å². The Morgan fingerprint density at radius 1 is 1.25 bits per heavy atom. The second-order valence-electron chi connectivity index (χ2n) is 5.03. The Hall–Kier alpha value is -0.890. The van der Waals surface area contributed by atoms with Gasteiger partial charge in [-0.05, 0) is 61.8 Å². The predicted molar refractivity (Wildman–Crippen MR) is 63.2 cm³/mol. The number of nitrogens with one attached hydrogen (secondary N) is 1. The number of aryl methyl sites for hydroxylation is 1. The summed E-state index contributed by atoms with van der Waals surface area (Å²) in [7, 11) is 0. The summed E-state index contributed by atoms with van der Waals surface area (Å²) in [5.41, 5.74) is 3.15. The van der Waals surface area contributed by atoms with E-state index in [1.807, 2.05) is 6.07 Å². The summed E-state index contributed by atoms with van der Waals surface area (Å²) in [5.74, 6) is 0.0868. The van der Waals surface area contributed by atoms with Crippen molar-refractivity contribution in [2.75, 3.05) is 6.54 Å². The van der Waals surface area contributed by atoms with Crippen LogP contribution in [-0.2, 0) is 19.3 Å². The number of benzene rings is 1. The van der Waals surface area contributed by atoms with E-state index in [0.29, 0.717) is 6.04 Å². The second-order valence-corrected chi connectivity index (χ2v) is 5.03. The zero-order valence-electron chi connectivity index (χ0n) is 9.56. The average molecular weight is 219 g/mol. The molecule has 2 aliphatic rings. The van der Waals surface area contributed by atoms with Crippen LogP contribution in [-0.4, -0.2) is 12.6 Å². The Kier molecular flexibility index (Phi) is 2.68. The summed E-state index contributed by atoms with van der Waals surface area (Å²) in [6.07, 6.45) is 6.41. The normalized spacial score (nSPS) is 23.7. The molecule has 0 aromatic heterocycles. The molecule has 1 saturated heterocycles. The van der Waals surface area contributed by atoms with Crippen LogP contribution >= 0.6 is 0 Å². The second kappa shape index (κ2) is 4.17. The lowest BCUT2D eigenvalue weighted by atomic mass is 9.99. The van der Waals surface area contributed by atoms with E-state index < -0.39 is 0 Å². The first-order valence-electron chi connectivity index (χ1n) is 6.37. The molecule has 2 heteroatoms. The van der Waals surface area contributed by atoms with Crippen molar-refractivity contribution in [3.05, 3.63) is 34.6 Å². The van der Waals surface area contributed by atoms with Crippen molar-refractivity contribution in [1.29, 1.82) is 0 Å². The van der Waals surface area contributed by atoms with Gasteiger partial charge in [-0.1, -0.05) is 12.1 Å². The van der Waals surface area contributed by atoms with Crippen LogP contribution < -0.4 is 5.32 Å². The highest BCUT2D eigenvalue weighted by atomic mass is 19.1. The van der Waals surface area contributed by atoms with Gasteiger partial charge in [0.25, 0.3) is 0 Å². The molecule has 0 saturated carbocycles. The molecule has 1 fully saturated rings. The molecule has 1 N–H and O–H groups in total. The summed E-state index contributed by atoms with van der Waals surface area (Å²) >= 11 is 0. The molecule has 0 amide bonds. The average Bonchev–Trinajstić information content (AvgIpc) is 2.93. The van der Waals surface area contributed by atoms with Crippen LogP contribution in [0, 0.1) is 5.82 Å². The lowest BCUT2D eigenvalue weighted by Gasteiger charge is -2.12. The van der Waals surface area contributed by atoms with Crippen molar-refractivity contribution < 1.29 is 4.39 Å². The molecule has 16 heavy (non-hydrogen) atoms. The van der Waals surface area contributed by atoms with Gasteiger partial charge in [0.2, 0.25) is 0 Å². The summed E-state index contributed by atoms with van der Waals surface area (Å²) < 4.78 is 14.2. The molecule has 1 aromatic rings. The van der Waals surface area contributed by atoms with Gasteiger partial charge in [-0.3, -0.25) is 0 Å². The Morgan fingerprint density at radius 2 is 2.19 bits per heavy atom. The van der Waals surface area contributed by atoms with Gasteiger partial charge in [0.15, 0.2) is 0 Å². The third-order valence-corrected chi connectivity index (χ3v) is 3.92. The molecule has 1 nitrogen and oxygen atoms in total. The third kappa shape index (κ3) is 1.75. The fraction of sp³-hybridized carbons (Fsp3) is 0.571. The van der Waals surface area contributed by atoms with E-state index in [4.69, 9.17) is 0 Å². The minimum atomic E-state index is 0.0868. The van der Waals surface area contributed by atoms with Crippen LogP contribution in [0.3, 0.4) is 0 Å². The maximum Gasteiger partial charge on any atom is 0.129 e. The SMILES string of the molecule is Fc1c(CC2CCCN2)ccc2c1CCC2. The fourth-order valence-electron chi connectivity index (χ4n) is 3.02.